The number of nitrogens with zero attached hydrogens (tertiary/aromatic N) is 7. The highest BCUT2D eigenvalue weighted by molar-refractivity contribution is 6.07. The molecule has 4 heterocycles. The molecule has 2 atom stereocenters. The van der Waals surface area contributed by atoms with Crippen molar-refractivity contribution in [1.29, 1.82) is 0 Å². The molecule has 3 aliphatic rings. The van der Waals surface area contributed by atoms with Crippen molar-refractivity contribution in [3.63, 3.8) is 0 Å². The number of ether oxygens (including phenoxy) is 3. The van der Waals surface area contributed by atoms with Crippen molar-refractivity contribution < 1.29 is 76.0 Å². The fourth-order valence-electron chi connectivity index (χ4n) is 11.0. The van der Waals surface area contributed by atoms with Crippen LogP contribution in [0.4, 0.5) is 8.78 Å². The Labute approximate surface area is 523 Å². The summed E-state index contributed by atoms with van der Waals surface area (Å²) >= 11 is 0. The summed E-state index contributed by atoms with van der Waals surface area (Å²) in [4.78, 5) is 141. The number of alkyl halides is 2. The van der Waals surface area contributed by atoms with Crippen LogP contribution in [0.15, 0.2) is 54.7 Å². The van der Waals surface area contributed by atoms with Crippen molar-refractivity contribution >= 4 is 71.2 Å². The van der Waals surface area contributed by atoms with Gasteiger partial charge in [-0.05, 0) is 100 Å². The van der Waals surface area contributed by atoms with Gasteiger partial charge in [0, 0.05) is 96.4 Å². The van der Waals surface area contributed by atoms with Crippen molar-refractivity contribution in [2.24, 2.45) is 5.92 Å². The lowest BCUT2D eigenvalue weighted by atomic mass is 9.91. The van der Waals surface area contributed by atoms with Gasteiger partial charge in [0.05, 0.1) is 49.9 Å². The SMILES string of the molecule is C#C[C@H]1CC(F)(F)CN1C(=O)CNC(=O)c1ccnc2ccc(OCCCCC3CCN(C(=O)CC(=O)NC(=O)[C@H](CCCCNC(=O)CCCc4ccc(C)cc4)NC(=O)CN4CCN(COC=O)CCN(COC=O)CCN(CC(=O)O)CC4)CC3)cc12. The average Bonchev–Trinajstić information content (AvgIpc) is 3.99. The molecule has 0 aliphatic carbocycles. The zero-order valence-corrected chi connectivity index (χ0v) is 51.2. The molecule has 0 spiro atoms. The highest BCUT2D eigenvalue weighted by Gasteiger charge is 2.46. The van der Waals surface area contributed by atoms with E-state index in [1.54, 1.807) is 32.9 Å². The number of aliphatic carboxylic acids is 1. The van der Waals surface area contributed by atoms with E-state index in [-0.39, 0.29) is 70.6 Å². The number of likely N-dealkylation sites (tertiary alicyclic amines) is 2. The van der Waals surface area contributed by atoms with Gasteiger partial charge in [0.1, 0.15) is 31.7 Å². The smallest absolute Gasteiger partial charge is 0.317 e. The number of terminal acetylenes is 1. The Kier molecular flexibility index (Phi) is 29.2. The number of hydrogen-bond donors (Lipinski definition) is 5. The number of aryl methyl sites for hydroxylation is 2. The molecular formula is C63H85F2N11O14. The lowest BCUT2D eigenvalue weighted by Gasteiger charge is -2.33. The molecule has 6 rings (SSSR count). The number of fused-ring (bicyclic) bond motifs is 1. The summed E-state index contributed by atoms with van der Waals surface area (Å²) in [6, 6.07) is 12.5. The van der Waals surface area contributed by atoms with Crippen LogP contribution in [0.2, 0.25) is 0 Å². The fraction of sp³-hybridized carbons (Fsp3) is 0.571. The highest BCUT2D eigenvalue weighted by atomic mass is 19.3. The maximum Gasteiger partial charge on any atom is 0.317 e. The quantitative estimate of drug-likeness (QED) is 0.0259. The number of carboxylic acids is 1. The van der Waals surface area contributed by atoms with Crippen LogP contribution >= 0.6 is 0 Å². The summed E-state index contributed by atoms with van der Waals surface area (Å²) in [7, 11) is 0. The molecule has 5 N–H and O–H groups in total. The second-order valence-electron chi connectivity index (χ2n) is 23.0. The highest BCUT2D eigenvalue weighted by Crippen LogP contribution is 2.32. The zero-order valence-electron chi connectivity index (χ0n) is 51.2. The van der Waals surface area contributed by atoms with Crippen molar-refractivity contribution in [3.8, 4) is 18.1 Å². The van der Waals surface area contributed by atoms with Crippen molar-refractivity contribution in [2.75, 3.05) is 118 Å². The number of amides is 7. The molecule has 3 aliphatic heterocycles. The third kappa shape index (κ3) is 24.6. The molecule has 25 nitrogen and oxygen atoms in total. The minimum absolute atomic E-state index is 0.0327. The Bertz CT molecular complexity index is 2940. The van der Waals surface area contributed by atoms with Gasteiger partial charge in [-0.25, -0.2) is 8.78 Å². The second kappa shape index (κ2) is 37.1. The van der Waals surface area contributed by atoms with Gasteiger partial charge in [0.2, 0.25) is 35.4 Å². The number of halogens is 2. The van der Waals surface area contributed by atoms with Crippen LogP contribution in [0.5, 0.6) is 5.75 Å². The van der Waals surface area contributed by atoms with Gasteiger partial charge in [0.15, 0.2) is 0 Å². The van der Waals surface area contributed by atoms with Gasteiger partial charge < -0.3 is 45.1 Å². The van der Waals surface area contributed by atoms with Crippen LogP contribution < -0.4 is 26.0 Å². The van der Waals surface area contributed by atoms with E-state index < -0.39 is 85.3 Å². The van der Waals surface area contributed by atoms with Crippen molar-refractivity contribution in [1.82, 2.24) is 55.7 Å². The summed E-state index contributed by atoms with van der Waals surface area (Å²) in [5, 5.41) is 20.7. The normalized spacial score (nSPS) is 17.6. The number of pyridine rings is 1. The molecule has 3 saturated heterocycles. The van der Waals surface area contributed by atoms with Crippen molar-refractivity contribution in [3.05, 3.63) is 71.4 Å². The minimum atomic E-state index is -3.11. The summed E-state index contributed by atoms with van der Waals surface area (Å²) in [6.45, 7) is 4.61. The number of rotatable bonds is 32. The average molecular weight is 1260 g/mol. The summed E-state index contributed by atoms with van der Waals surface area (Å²) in [5.74, 6) is -5.21. The van der Waals surface area contributed by atoms with Gasteiger partial charge in [0.25, 0.3) is 24.8 Å². The summed E-state index contributed by atoms with van der Waals surface area (Å²) in [5.41, 5.74) is 3.02. The molecule has 3 aromatic rings. The van der Waals surface area contributed by atoms with E-state index in [0.29, 0.717) is 133 Å². The van der Waals surface area contributed by atoms with Gasteiger partial charge in [-0.3, -0.25) is 77.8 Å². The first-order valence-electron chi connectivity index (χ1n) is 30.7. The van der Waals surface area contributed by atoms with E-state index in [2.05, 4.69) is 32.2 Å². The number of piperidine rings is 1. The molecule has 0 saturated carbocycles. The molecule has 2 aromatic carbocycles. The second-order valence-corrected chi connectivity index (χ2v) is 23.0. The first-order chi connectivity index (χ1) is 43.3. The van der Waals surface area contributed by atoms with Crippen LogP contribution in [-0.2, 0) is 59.0 Å². The van der Waals surface area contributed by atoms with E-state index >= 15 is 0 Å². The zero-order chi connectivity index (χ0) is 64.8. The number of carbonyl (C=O) groups is 10. The first kappa shape index (κ1) is 70.9. The largest absolute Gasteiger partial charge is 0.494 e. The number of imide groups is 1. The lowest BCUT2D eigenvalue weighted by molar-refractivity contribution is -0.140. The Morgan fingerprint density at radius 1 is 0.767 bits per heavy atom. The van der Waals surface area contributed by atoms with Crippen LogP contribution in [0.25, 0.3) is 10.9 Å². The molecule has 27 heteroatoms. The molecule has 7 amide bonds. The number of benzene rings is 2. The number of unbranched alkanes of at least 4 members (excludes halogenated alkanes) is 2. The van der Waals surface area contributed by atoms with E-state index in [1.807, 2.05) is 41.0 Å². The van der Waals surface area contributed by atoms with E-state index in [4.69, 9.17) is 20.6 Å². The number of carboxylic acid groups (broad SMARTS) is 1. The Balaban J connectivity index is 0.966. The van der Waals surface area contributed by atoms with Gasteiger partial charge >= 0.3 is 5.97 Å². The Morgan fingerprint density at radius 2 is 1.42 bits per heavy atom. The molecule has 490 valence electrons. The lowest BCUT2D eigenvalue weighted by Crippen LogP contribution is -2.53. The van der Waals surface area contributed by atoms with E-state index in [0.717, 1.165) is 35.3 Å². The third-order valence-corrected chi connectivity index (χ3v) is 16.1. The maximum atomic E-state index is 14.0. The molecule has 1 aromatic heterocycles. The fourth-order valence-corrected chi connectivity index (χ4v) is 11.0. The third-order valence-electron chi connectivity index (χ3n) is 16.1. The van der Waals surface area contributed by atoms with Crippen LogP contribution in [0.3, 0.4) is 0 Å². The maximum absolute atomic E-state index is 14.0. The molecule has 0 radical (unpaired) electrons. The molecular weight excluding hydrogens is 1170 g/mol. The summed E-state index contributed by atoms with van der Waals surface area (Å²) in [6.07, 6.45) is 12.1. The number of aromatic nitrogens is 1. The molecule has 3 fully saturated rings. The minimum Gasteiger partial charge on any atom is -0.494 e. The van der Waals surface area contributed by atoms with Crippen LogP contribution in [0.1, 0.15) is 98.5 Å². The van der Waals surface area contributed by atoms with Gasteiger partial charge in [-0.1, -0.05) is 42.2 Å². The Morgan fingerprint density at radius 3 is 2.07 bits per heavy atom. The topological polar surface area (TPSA) is 299 Å². The predicted octanol–water partition coefficient (Wildman–Crippen LogP) is 2.32. The molecule has 0 unspecified atom stereocenters. The van der Waals surface area contributed by atoms with Crippen LogP contribution in [0, 0.1) is 25.2 Å². The number of nitrogens with one attached hydrogen (secondary N) is 4. The van der Waals surface area contributed by atoms with Crippen LogP contribution in [-0.4, -0.2) is 236 Å². The van der Waals surface area contributed by atoms with E-state index in [1.165, 1.54) is 12.3 Å². The first-order valence-corrected chi connectivity index (χ1v) is 30.7. The van der Waals surface area contributed by atoms with Gasteiger partial charge in [-0.15, -0.1) is 6.42 Å². The monoisotopic (exact) mass is 1260 g/mol. The number of carbonyl (C=O) groups excluding carboxylic acids is 9. The van der Waals surface area contributed by atoms with E-state index in [9.17, 15) is 61.8 Å². The Hall–Kier alpha value is -8.19. The predicted molar refractivity (Wildman–Crippen MR) is 325 cm³/mol. The molecule has 0 bridgehead atoms. The summed E-state index contributed by atoms with van der Waals surface area (Å²) < 4.78 is 44.0. The molecule has 90 heavy (non-hydrogen) atoms. The van der Waals surface area contributed by atoms with Crippen molar-refractivity contribution in [2.45, 2.75) is 108 Å². The van der Waals surface area contributed by atoms with Gasteiger partial charge in [-0.2, -0.15) is 0 Å². The number of hydrogen-bond acceptors (Lipinski definition) is 18. The standard InChI is InChI=1S/C63H85F2N11O14/c1-3-49-37-63(64,65)41-76(49)59(83)38-68-61(86)51-19-23-66-53-18-17-50(35-52(51)53)90-34-7-5-9-48-20-24-75(25-21-48)58(82)36-56(80)70-62(87)54(11-4-6-22-67-55(79)12-8-10-47-15-13-46(2)14-16-47)69-57(81)39-71-26-27-72(40-60(84)85)29-31-74(43-89-45-78)33-32-73(30-28-71)42-88-44-77/h1,13-19,23,35,44-45,48-49,54H,4-12,20-22,24-34,36-43H2,2H3,(H,67,79)(H,68,86)(H,69,81)(H,84,85)(H,70,80,87)/t49-,54-/m0/s1.